The van der Waals surface area contributed by atoms with Gasteiger partial charge in [-0.3, -0.25) is 0 Å². The molecule has 4 heteroatoms. The van der Waals surface area contributed by atoms with Gasteiger partial charge in [0, 0.05) is 5.57 Å². The first-order valence-corrected chi connectivity index (χ1v) is 6.80. The fraction of sp³-hybridized carbons (Fsp3) is 0.167. The first-order chi connectivity index (χ1) is 10.6. The molecule has 1 N–H and O–H groups in total. The van der Waals surface area contributed by atoms with Gasteiger partial charge in [-0.1, -0.05) is 24.3 Å². The third-order valence-electron chi connectivity index (χ3n) is 3.45. The van der Waals surface area contributed by atoms with Crippen LogP contribution in [0.3, 0.4) is 0 Å². The minimum Gasteiger partial charge on any atom is -0.497 e. The zero-order chi connectivity index (χ0) is 16.1. The number of carboxylic acid groups (broad SMARTS) is 1. The van der Waals surface area contributed by atoms with E-state index in [1.165, 1.54) is 0 Å². The van der Waals surface area contributed by atoms with E-state index in [9.17, 15) is 9.90 Å². The number of carbonyl (C=O) groups is 1. The van der Waals surface area contributed by atoms with Crippen LogP contribution in [0, 0.1) is 0 Å². The molecule has 2 aromatic rings. The molecule has 2 rings (SSSR count). The molecule has 0 fully saturated rings. The average molecular weight is 298 g/mol. The van der Waals surface area contributed by atoms with Crippen LogP contribution in [0.5, 0.6) is 11.5 Å². The minimum absolute atomic E-state index is 0.287. The Kier molecular flexibility index (Phi) is 4.84. The van der Waals surface area contributed by atoms with Crippen molar-refractivity contribution in [1.82, 2.24) is 0 Å². The van der Waals surface area contributed by atoms with Gasteiger partial charge in [-0.2, -0.15) is 0 Å². The molecule has 0 bridgehead atoms. The van der Waals surface area contributed by atoms with Gasteiger partial charge in [0.25, 0.3) is 0 Å². The van der Waals surface area contributed by atoms with Crippen molar-refractivity contribution in [3.05, 3.63) is 65.2 Å². The fourth-order valence-electron chi connectivity index (χ4n) is 2.22. The fourth-order valence-corrected chi connectivity index (χ4v) is 2.22. The second-order valence-electron chi connectivity index (χ2n) is 4.76. The lowest BCUT2D eigenvalue weighted by atomic mass is 9.93. The van der Waals surface area contributed by atoms with Crippen molar-refractivity contribution in [2.45, 2.75) is 6.92 Å². The highest BCUT2D eigenvalue weighted by Crippen LogP contribution is 2.29. The van der Waals surface area contributed by atoms with E-state index in [-0.39, 0.29) is 5.57 Å². The van der Waals surface area contributed by atoms with Gasteiger partial charge in [-0.25, -0.2) is 4.79 Å². The van der Waals surface area contributed by atoms with Gasteiger partial charge in [0.05, 0.1) is 14.2 Å². The van der Waals surface area contributed by atoms with E-state index < -0.39 is 5.97 Å². The summed E-state index contributed by atoms with van der Waals surface area (Å²) in [5.74, 6) is 0.512. The number of carboxylic acids is 1. The van der Waals surface area contributed by atoms with Gasteiger partial charge >= 0.3 is 5.97 Å². The van der Waals surface area contributed by atoms with Gasteiger partial charge in [0.2, 0.25) is 0 Å². The number of ether oxygens (including phenoxy) is 2. The van der Waals surface area contributed by atoms with Crippen LogP contribution in [-0.2, 0) is 4.79 Å². The molecule has 0 aromatic heterocycles. The van der Waals surface area contributed by atoms with Gasteiger partial charge in [-0.15, -0.1) is 0 Å². The van der Waals surface area contributed by atoms with Gasteiger partial charge in [0.15, 0.2) is 0 Å². The number of hydrogen-bond donors (Lipinski definition) is 1. The number of benzene rings is 2. The standard InChI is InChI=1S/C18H18O4/c1-12(18(19)20)17(13-4-8-15(21-2)9-5-13)14-6-10-16(22-3)11-7-14/h4-11H,1-3H3,(H,19,20). The molecule has 2 aromatic carbocycles. The first-order valence-electron chi connectivity index (χ1n) is 6.80. The third kappa shape index (κ3) is 3.28. The molecule has 0 aliphatic heterocycles. The summed E-state index contributed by atoms with van der Waals surface area (Å²) in [5.41, 5.74) is 2.62. The molecule has 114 valence electrons. The van der Waals surface area contributed by atoms with E-state index >= 15 is 0 Å². The lowest BCUT2D eigenvalue weighted by Crippen LogP contribution is -2.02. The Morgan fingerprint density at radius 1 is 0.818 bits per heavy atom. The third-order valence-corrected chi connectivity index (χ3v) is 3.45. The lowest BCUT2D eigenvalue weighted by Gasteiger charge is -2.12. The Labute approximate surface area is 129 Å². The summed E-state index contributed by atoms with van der Waals surface area (Å²) in [6.45, 7) is 1.60. The largest absolute Gasteiger partial charge is 0.497 e. The zero-order valence-corrected chi connectivity index (χ0v) is 12.8. The van der Waals surface area contributed by atoms with Crippen LogP contribution in [0.1, 0.15) is 18.1 Å². The summed E-state index contributed by atoms with van der Waals surface area (Å²) in [7, 11) is 3.19. The number of rotatable bonds is 5. The molecule has 0 aliphatic rings. The van der Waals surface area contributed by atoms with Crippen LogP contribution < -0.4 is 9.47 Å². The zero-order valence-electron chi connectivity index (χ0n) is 12.8. The molecule has 0 saturated carbocycles. The van der Waals surface area contributed by atoms with Crippen LogP contribution in [0.25, 0.3) is 5.57 Å². The Morgan fingerprint density at radius 2 is 1.18 bits per heavy atom. The van der Waals surface area contributed by atoms with Crippen molar-refractivity contribution in [2.75, 3.05) is 14.2 Å². The first kappa shape index (κ1) is 15.6. The smallest absolute Gasteiger partial charge is 0.331 e. The minimum atomic E-state index is -0.943. The van der Waals surface area contributed by atoms with Crippen LogP contribution in [0.15, 0.2) is 54.1 Å². The maximum atomic E-state index is 11.4. The quantitative estimate of drug-likeness (QED) is 0.857. The van der Waals surface area contributed by atoms with E-state index in [2.05, 4.69) is 0 Å². The summed E-state index contributed by atoms with van der Waals surface area (Å²) in [4.78, 5) is 11.4. The number of aliphatic carboxylic acids is 1. The van der Waals surface area contributed by atoms with Crippen molar-refractivity contribution in [2.24, 2.45) is 0 Å². The highest BCUT2D eigenvalue weighted by Gasteiger charge is 2.14. The summed E-state index contributed by atoms with van der Waals surface area (Å²) in [5, 5.41) is 9.37. The Hall–Kier alpha value is -2.75. The maximum Gasteiger partial charge on any atom is 0.331 e. The molecule has 0 amide bonds. The molecule has 0 aliphatic carbocycles. The van der Waals surface area contributed by atoms with E-state index in [4.69, 9.17) is 9.47 Å². The van der Waals surface area contributed by atoms with Gasteiger partial charge < -0.3 is 14.6 Å². The SMILES string of the molecule is COc1ccc(C(=C(C)C(=O)O)c2ccc(OC)cc2)cc1. The second-order valence-corrected chi connectivity index (χ2v) is 4.76. The van der Waals surface area contributed by atoms with Crippen molar-refractivity contribution in [1.29, 1.82) is 0 Å². The maximum absolute atomic E-state index is 11.4. The Bertz CT molecular complexity index is 633. The summed E-state index contributed by atoms with van der Waals surface area (Å²) in [6.07, 6.45) is 0. The van der Waals surface area contributed by atoms with Crippen LogP contribution in [0.4, 0.5) is 0 Å². The molecular formula is C18H18O4. The number of hydrogen-bond acceptors (Lipinski definition) is 3. The topological polar surface area (TPSA) is 55.8 Å². The highest BCUT2D eigenvalue weighted by molar-refractivity contribution is 6.00. The predicted molar refractivity (Wildman–Crippen MR) is 85.3 cm³/mol. The number of methoxy groups -OCH3 is 2. The normalized spacial score (nSPS) is 9.95. The molecular weight excluding hydrogens is 280 g/mol. The van der Waals surface area contributed by atoms with Crippen LogP contribution >= 0.6 is 0 Å². The van der Waals surface area contributed by atoms with Gasteiger partial charge in [0.1, 0.15) is 11.5 Å². The molecule has 0 spiro atoms. The predicted octanol–water partition coefficient (Wildman–Crippen LogP) is 3.61. The van der Waals surface area contributed by atoms with E-state index in [0.29, 0.717) is 5.57 Å². The summed E-state index contributed by atoms with van der Waals surface area (Å²) >= 11 is 0. The summed E-state index contributed by atoms with van der Waals surface area (Å²) in [6, 6.07) is 14.7. The molecule has 4 nitrogen and oxygen atoms in total. The van der Waals surface area contributed by atoms with Crippen LogP contribution in [0.2, 0.25) is 0 Å². The molecule has 0 unspecified atom stereocenters. The monoisotopic (exact) mass is 298 g/mol. The Balaban J connectivity index is 2.55. The Morgan fingerprint density at radius 3 is 1.45 bits per heavy atom. The molecule has 0 heterocycles. The van der Waals surface area contributed by atoms with E-state index in [1.807, 2.05) is 48.5 Å². The van der Waals surface area contributed by atoms with Crippen molar-refractivity contribution < 1.29 is 19.4 Å². The van der Waals surface area contributed by atoms with Crippen molar-refractivity contribution in [3.63, 3.8) is 0 Å². The molecule has 0 radical (unpaired) electrons. The highest BCUT2D eigenvalue weighted by atomic mass is 16.5. The van der Waals surface area contributed by atoms with Crippen molar-refractivity contribution in [3.8, 4) is 11.5 Å². The van der Waals surface area contributed by atoms with E-state index in [1.54, 1.807) is 21.1 Å². The summed E-state index contributed by atoms with van der Waals surface area (Å²) < 4.78 is 10.3. The van der Waals surface area contributed by atoms with Crippen molar-refractivity contribution >= 4 is 11.5 Å². The second kappa shape index (κ2) is 6.80. The van der Waals surface area contributed by atoms with Crippen LogP contribution in [-0.4, -0.2) is 25.3 Å². The lowest BCUT2D eigenvalue weighted by molar-refractivity contribution is -0.132. The molecule has 0 saturated heterocycles. The average Bonchev–Trinajstić information content (AvgIpc) is 2.56. The van der Waals surface area contributed by atoms with Gasteiger partial charge in [-0.05, 0) is 47.9 Å². The molecule has 22 heavy (non-hydrogen) atoms. The molecule has 0 atom stereocenters. The van der Waals surface area contributed by atoms with E-state index in [0.717, 1.165) is 22.6 Å².